The van der Waals surface area contributed by atoms with Gasteiger partial charge in [-0.15, -0.1) is 0 Å². The lowest BCUT2D eigenvalue weighted by Crippen LogP contribution is -2.10. The average molecular weight is 367 g/mol. The number of rotatable bonds is 5. The Bertz CT molecular complexity index is 665. The minimum atomic E-state index is 0.336. The molecule has 5 heteroatoms. The standard InChI is InChI=1S/C16H13BrClNO2/c1-11-2-4-14(5-3-11)20-6-7-21-16-12(10-19)8-13(18)9-15(16)17/h2-5,8-9H,6-7H2,1H3. The van der Waals surface area contributed by atoms with Crippen LogP contribution in [0.2, 0.25) is 5.02 Å². The minimum absolute atomic E-state index is 0.336. The Kier molecular flexibility index (Phi) is 5.49. The first-order valence-electron chi connectivity index (χ1n) is 6.31. The van der Waals surface area contributed by atoms with Crippen molar-refractivity contribution in [3.63, 3.8) is 0 Å². The second-order valence-corrected chi connectivity index (χ2v) is 5.68. The minimum Gasteiger partial charge on any atom is -0.490 e. The van der Waals surface area contributed by atoms with Crippen LogP contribution in [0.25, 0.3) is 0 Å². The third-order valence-corrected chi connectivity index (χ3v) is 3.56. The molecule has 0 saturated heterocycles. The summed E-state index contributed by atoms with van der Waals surface area (Å²) in [7, 11) is 0. The van der Waals surface area contributed by atoms with Crippen LogP contribution in [0.3, 0.4) is 0 Å². The zero-order valence-electron chi connectivity index (χ0n) is 11.4. The van der Waals surface area contributed by atoms with Crippen LogP contribution in [0.15, 0.2) is 40.9 Å². The fraction of sp³-hybridized carbons (Fsp3) is 0.188. The van der Waals surface area contributed by atoms with Gasteiger partial charge in [0.2, 0.25) is 0 Å². The Morgan fingerprint density at radius 2 is 1.81 bits per heavy atom. The molecule has 0 radical (unpaired) electrons. The van der Waals surface area contributed by atoms with E-state index in [0.29, 0.717) is 34.0 Å². The summed E-state index contributed by atoms with van der Waals surface area (Å²) in [6.45, 7) is 2.75. The Balaban J connectivity index is 1.92. The van der Waals surface area contributed by atoms with Gasteiger partial charge in [-0.05, 0) is 47.1 Å². The quantitative estimate of drug-likeness (QED) is 0.718. The highest BCUT2D eigenvalue weighted by molar-refractivity contribution is 9.10. The van der Waals surface area contributed by atoms with E-state index in [1.54, 1.807) is 12.1 Å². The molecule has 108 valence electrons. The van der Waals surface area contributed by atoms with E-state index in [-0.39, 0.29) is 0 Å². The lowest BCUT2D eigenvalue weighted by Gasteiger charge is -2.11. The summed E-state index contributed by atoms with van der Waals surface area (Å²) >= 11 is 9.24. The molecule has 2 aromatic carbocycles. The van der Waals surface area contributed by atoms with Gasteiger partial charge in [0.1, 0.15) is 25.0 Å². The van der Waals surface area contributed by atoms with Gasteiger partial charge in [0, 0.05) is 5.02 Å². The van der Waals surface area contributed by atoms with E-state index in [0.717, 1.165) is 5.75 Å². The summed E-state index contributed by atoms with van der Waals surface area (Å²) in [4.78, 5) is 0. The summed E-state index contributed by atoms with van der Waals surface area (Å²) < 4.78 is 11.8. The van der Waals surface area contributed by atoms with Gasteiger partial charge in [-0.3, -0.25) is 0 Å². The van der Waals surface area contributed by atoms with E-state index < -0.39 is 0 Å². The Hall–Kier alpha value is -1.70. The molecule has 3 nitrogen and oxygen atoms in total. The monoisotopic (exact) mass is 365 g/mol. The SMILES string of the molecule is Cc1ccc(OCCOc2c(Br)cc(Cl)cc2C#N)cc1. The van der Waals surface area contributed by atoms with Gasteiger partial charge in [-0.2, -0.15) is 5.26 Å². The predicted octanol–water partition coefficient (Wildman–Crippen LogP) is 4.74. The number of nitriles is 1. The van der Waals surface area contributed by atoms with Gasteiger partial charge in [0.15, 0.2) is 5.75 Å². The van der Waals surface area contributed by atoms with Crippen molar-refractivity contribution in [3.8, 4) is 17.6 Å². The highest BCUT2D eigenvalue weighted by Gasteiger charge is 2.10. The summed E-state index contributed by atoms with van der Waals surface area (Å²) in [5.41, 5.74) is 1.58. The van der Waals surface area contributed by atoms with Gasteiger partial charge in [-0.25, -0.2) is 0 Å². The van der Waals surface area contributed by atoms with Crippen LogP contribution in [-0.2, 0) is 0 Å². The number of halogens is 2. The maximum Gasteiger partial charge on any atom is 0.151 e. The third kappa shape index (κ3) is 4.38. The third-order valence-electron chi connectivity index (χ3n) is 2.75. The fourth-order valence-corrected chi connectivity index (χ4v) is 2.65. The van der Waals surface area contributed by atoms with Crippen molar-refractivity contribution in [3.05, 3.63) is 57.0 Å². The molecule has 0 fully saturated rings. The molecule has 21 heavy (non-hydrogen) atoms. The highest BCUT2D eigenvalue weighted by Crippen LogP contribution is 2.32. The average Bonchev–Trinajstić information content (AvgIpc) is 2.46. The fourth-order valence-electron chi connectivity index (χ4n) is 1.73. The van der Waals surface area contributed by atoms with E-state index in [9.17, 15) is 0 Å². The van der Waals surface area contributed by atoms with Crippen molar-refractivity contribution in [2.75, 3.05) is 13.2 Å². The Morgan fingerprint density at radius 1 is 1.14 bits per heavy atom. The molecular weight excluding hydrogens is 354 g/mol. The Labute approximate surface area is 137 Å². The van der Waals surface area contributed by atoms with Gasteiger partial charge >= 0.3 is 0 Å². The number of hydrogen-bond acceptors (Lipinski definition) is 3. The first-order chi connectivity index (χ1) is 10.1. The number of ether oxygens (including phenoxy) is 2. The molecule has 2 rings (SSSR count). The number of hydrogen-bond donors (Lipinski definition) is 0. The molecule has 0 atom stereocenters. The molecule has 0 aliphatic heterocycles. The van der Waals surface area contributed by atoms with E-state index in [1.165, 1.54) is 5.56 Å². The molecule has 0 heterocycles. The maximum absolute atomic E-state index is 9.09. The molecule has 0 unspecified atom stereocenters. The number of benzene rings is 2. The summed E-state index contributed by atoms with van der Waals surface area (Å²) in [6, 6.07) is 13.1. The van der Waals surface area contributed by atoms with Gasteiger partial charge in [-0.1, -0.05) is 29.3 Å². The number of nitrogens with zero attached hydrogens (tertiary/aromatic N) is 1. The van der Waals surface area contributed by atoms with Crippen LogP contribution in [0.5, 0.6) is 11.5 Å². The van der Waals surface area contributed by atoms with E-state index in [4.69, 9.17) is 26.3 Å². The van der Waals surface area contributed by atoms with E-state index >= 15 is 0 Å². The van der Waals surface area contributed by atoms with E-state index in [2.05, 4.69) is 22.0 Å². The van der Waals surface area contributed by atoms with Crippen molar-refractivity contribution < 1.29 is 9.47 Å². The maximum atomic E-state index is 9.09. The summed E-state index contributed by atoms with van der Waals surface area (Å²) in [5.74, 6) is 1.27. The molecule has 0 aliphatic rings. The topological polar surface area (TPSA) is 42.2 Å². The molecule has 0 saturated carbocycles. The molecule has 0 N–H and O–H groups in total. The molecule has 0 bridgehead atoms. The molecule has 0 amide bonds. The smallest absolute Gasteiger partial charge is 0.151 e. The van der Waals surface area contributed by atoms with Gasteiger partial charge in [0.05, 0.1) is 10.0 Å². The summed E-state index contributed by atoms with van der Waals surface area (Å²) in [6.07, 6.45) is 0. The number of aryl methyl sites for hydroxylation is 1. The lowest BCUT2D eigenvalue weighted by atomic mass is 10.2. The Morgan fingerprint density at radius 3 is 2.48 bits per heavy atom. The molecule has 0 spiro atoms. The van der Waals surface area contributed by atoms with Crippen molar-refractivity contribution in [2.24, 2.45) is 0 Å². The highest BCUT2D eigenvalue weighted by atomic mass is 79.9. The van der Waals surface area contributed by atoms with Gasteiger partial charge in [0.25, 0.3) is 0 Å². The van der Waals surface area contributed by atoms with Crippen molar-refractivity contribution in [1.82, 2.24) is 0 Å². The van der Waals surface area contributed by atoms with Crippen LogP contribution >= 0.6 is 27.5 Å². The second-order valence-electron chi connectivity index (χ2n) is 4.39. The van der Waals surface area contributed by atoms with Crippen molar-refractivity contribution in [1.29, 1.82) is 5.26 Å². The predicted molar refractivity (Wildman–Crippen MR) is 86.0 cm³/mol. The largest absolute Gasteiger partial charge is 0.490 e. The first-order valence-corrected chi connectivity index (χ1v) is 7.48. The van der Waals surface area contributed by atoms with E-state index in [1.807, 2.05) is 31.2 Å². The zero-order chi connectivity index (χ0) is 15.2. The molecule has 0 aliphatic carbocycles. The first kappa shape index (κ1) is 15.7. The van der Waals surface area contributed by atoms with Crippen LogP contribution < -0.4 is 9.47 Å². The zero-order valence-corrected chi connectivity index (χ0v) is 13.7. The normalized spacial score (nSPS) is 10.0. The van der Waals surface area contributed by atoms with Crippen molar-refractivity contribution >= 4 is 27.5 Å². The summed E-state index contributed by atoms with van der Waals surface area (Å²) in [5, 5.41) is 9.57. The molecular formula is C16H13BrClNO2. The van der Waals surface area contributed by atoms with Crippen LogP contribution in [0.1, 0.15) is 11.1 Å². The van der Waals surface area contributed by atoms with Crippen LogP contribution in [-0.4, -0.2) is 13.2 Å². The second kappa shape index (κ2) is 7.35. The molecule has 2 aromatic rings. The van der Waals surface area contributed by atoms with Crippen LogP contribution in [0.4, 0.5) is 0 Å². The van der Waals surface area contributed by atoms with Crippen molar-refractivity contribution in [2.45, 2.75) is 6.92 Å². The van der Waals surface area contributed by atoms with Crippen LogP contribution in [0, 0.1) is 18.3 Å². The van der Waals surface area contributed by atoms with Gasteiger partial charge < -0.3 is 9.47 Å². The lowest BCUT2D eigenvalue weighted by molar-refractivity contribution is 0.216. The molecule has 0 aromatic heterocycles.